The van der Waals surface area contributed by atoms with E-state index in [-0.39, 0.29) is 0 Å². The van der Waals surface area contributed by atoms with Gasteiger partial charge in [-0.3, -0.25) is 4.72 Å². The molecule has 0 unspecified atom stereocenters. The molecule has 0 saturated heterocycles. The van der Waals surface area contributed by atoms with Gasteiger partial charge in [0.25, 0.3) is 10.0 Å². The second kappa shape index (κ2) is 9.25. The maximum atomic E-state index is 13.0. The molecule has 2 aromatic heterocycles. The van der Waals surface area contributed by atoms with Crippen molar-refractivity contribution in [3.05, 3.63) is 89.9 Å². The van der Waals surface area contributed by atoms with Gasteiger partial charge >= 0.3 is 0 Å². The number of hydrogen-bond donors (Lipinski definition) is 3. The third-order valence-corrected chi connectivity index (χ3v) is 6.56. The van der Waals surface area contributed by atoms with E-state index in [2.05, 4.69) is 30.3 Å². The number of nitrogens with zero attached hydrogens (tertiary/aromatic N) is 3. The van der Waals surface area contributed by atoms with Gasteiger partial charge in [0.05, 0.1) is 4.90 Å². The first kappa shape index (κ1) is 22.2. The Kier molecular flexibility index (Phi) is 6.23. The second-order valence-electron chi connectivity index (χ2n) is 7.66. The van der Waals surface area contributed by atoms with E-state index in [0.717, 1.165) is 22.4 Å². The smallest absolute Gasteiger partial charge is 0.262 e. The van der Waals surface area contributed by atoms with E-state index in [0.29, 0.717) is 28.0 Å². The summed E-state index contributed by atoms with van der Waals surface area (Å²) in [6.07, 6.45) is 3.14. The zero-order valence-electron chi connectivity index (χ0n) is 18.5. The van der Waals surface area contributed by atoms with E-state index in [1.54, 1.807) is 50.4 Å². The lowest BCUT2D eigenvalue weighted by Gasteiger charge is -2.14. The predicted octanol–water partition coefficient (Wildman–Crippen LogP) is 5.08. The highest BCUT2D eigenvalue weighted by Gasteiger charge is 2.20. The van der Waals surface area contributed by atoms with Gasteiger partial charge in [-0.25, -0.2) is 23.4 Å². The Morgan fingerprint density at radius 1 is 0.697 bits per heavy atom. The van der Waals surface area contributed by atoms with Crippen molar-refractivity contribution in [2.45, 2.75) is 25.7 Å². The van der Waals surface area contributed by atoms with Gasteiger partial charge in [-0.15, -0.1) is 0 Å². The van der Waals surface area contributed by atoms with Gasteiger partial charge in [0.15, 0.2) is 0 Å². The molecule has 2 aromatic carbocycles. The molecule has 0 aliphatic rings. The van der Waals surface area contributed by atoms with Crippen molar-refractivity contribution in [3.63, 3.8) is 0 Å². The molecule has 0 aliphatic heterocycles. The molecule has 0 spiro atoms. The van der Waals surface area contributed by atoms with Crippen LogP contribution in [0, 0.1) is 20.8 Å². The zero-order valence-corrected chi connectivity index (χ0v) is 19.3. The van der Waals surface area contributed by atoms with Crippen LogP contribution in [-0.4, -0.2) is 23.4 Å². The van der Waals surface area contributed by atoms with Gasteiger partial charge in [0.1, 0.15) is 23.8 Å². The lowest BCUT2D eigenvalue weighted by atomic mass is 10.1. The first-order chi connectivity index (χ1) is 15.8. The molecule has 33 heavy (non-hydrogen) atoms. The standard InChI is InChI=1S/C24H24N6O2S/c1-16-12-17(2)24(18(3)13-16)33(31,32)30-20-9-7-19(8-10-20)28-22-14-23(27-15-26-22)29-21-6-4-5-11-25-21/h4-15,30H,1-3H3,(H2,25,26,27,28,29). The zero-order chi connectivity index (χ0) is 23.4. The molecule has 2 heterocycles. The van der Waals surface area contributed by atoms with Crippen LogP contribution in [0.25, 0.3) is 0 Å². The Balaban J connectivity index is 1.46. The van der Waals surface area contributed by atoms with Crippen LogP contribution >= 0.6 is 0 Å². The van der Waals surface area contributed by atoms with Gasteiger partial charge in [0.2, 0.25) is 0 Å². The summed E-state index contributed by atoms with van der Waals surface area (Å²) in [5.74, 6) is 1.86. The van der Waals surface area contributed by atoms with Crippen LogP contribution < -0.4 is 15.4 Å². The fourth-order valence-electron chi connectivity index (χ4n) is 3.63. The maximum Gasteiger partial charge on any atom is 0.262 e. The number of aryl methyl sites for hydroxylation is 3. The average molecular weight is 461 g/mol. The normalized spacial score (nSPS) is 11.1. The van der Waals surface area contributed by atoms with Crippen LogP contribution in [-0.2, 0) is 10.0 Å². The molecule has 0 bridgehead atoms. The number of benzene rings is 2. The topological polar surface area (TPSA) is 109 Å². The van der Waals surface area contributed by atoms with E-state index in [9.17, 15) is 8.42 Å². The fourth-order valence-corrected chi connectivity index (χ4v) is 5.14. The molecule has 3 N–H and O–H groups in total. The second-order valence-corrected chi connectivity index (χ2v) is 9.28. The predicted molar refractivity (Wildman–Crippen MR) is 131 cm³/mol. The van der Waals surface area contributed by atoms with Gasteiger partial charge in [-0.05, 0) is 68.3 Å². The van der Waals surface area contributed by atoms with Crippen LogP contribution in [0.5, 0.6) is 0 Å². The molecule has 0 saturated carbocycles. The summed E-state index contributed by atoms with van der Waals surface area (Å²) in [4.78, 5) is 13.0. The van der Waals surface area contributed by atoms with Crippen LogP contribution in [0.2, 0.25) is 0 Å². The molecule has 4 rings (SSSR count). The Bertz CT molecular complexity index is 1350. The number of rotatable bonds is 7. The third kappa shape index (κ3) is 5.45. The number of anilines is 5. The summed E-state index contributed by atoms with van der Waals surface area (Å²) in [5.41, 5.74) is 3.69. The average Bonchev–Trinajstić information content (AvgIpc) is 2.75. The summed E-state index contributed by atoms with van der Waals surface area (Å²) >= 11 is 0. The summed E-state index contributed by atoms with van der Waals surface area (Å²) in [6.45, 7) is 5.56. The van der Waals surface area contributed by atoms with Crippen molar-refractivity contribution in [2.24, 2.45) is 0 Å². The molecular weight excluding hydrogens is 436 g/mol. The molecule has 0 amide bonds. The van der Waals surface area contributed by atoms with Crippen molar-refractivity contribution in [1.29, 1.82) is 0 Å². The highest BCUT2D eigenvalue weighted by atomic mass is 32.2. The quantitative estimate of drug-likeness (QED) is 0.353. The number of nitrogens with one attached hydrogen (secondary N) is 3. The van der Waals surface area contributed by atoms with E-state index in [1.165, 1.54) is 6.33 Å². The van der Waals surface area contributed by atoms with Gasteiger partial charge in [0, 0.05) is 23.6 Å². The monoisotopic (exact) mass is 460 g/mol. The Morgan fingerprint density at radius 2 is 1.33 bits per heavy atom. The molecule has 168 valence electrons. The fraction of sp³-hybridized carbons (Fsp3) is 0.125. The minimum Gasteiger partial charge on any atom is -0.340 e. The largest absolute Gasteiger partial charge is 0.340 e. The molecule has 0 radical (unpaired) electrons. The Labute approximate surface area is 193 Å². The maximum absolute atomic E-state index is 13.0. The van der Waals surface area contributed by atoms with Crippen LogP contribution in [0.1, 0.15) is 16.7 Å². The van der Waals surface area contributed by atoms with Crippen molar-refractivity contribution in [2.75, 3.05) is 15.4 Å². The lowest BCUT2D eigenvalue weighted by Crippen LogP contribution is -2.16. The third-order valence-electron chi connectivity index (χ3n) is 4.87. The van der Waals surface area contributed by atoms with Gasteiger partial charge in [-0.2, -0.15) is 0 Å². The highest BCUT2D eigenvalue weighted by molar-refractivity contribution is 7.92. The SMILES string of the molecule is Cc1cc(C)c(S(=O)(=O)Nc2ccc(Nc3cc(Nc4ccccn4)ncn3)cc2)c(C)c1. The number of aromatic nitrogens is 3. The minimum absolute atomic E-state index is 0.309. The van der Waals surface area contributed by atoms with Gasteiger partial charge in [-0.1, -0.05) is 23.8 Å². The van der Waals surface area contributed by atoms with Crippen molar-refractivity contribution >= 4 is 38.9 Å². The van der Waals surface area contributed by atoms with Crippen LogP contribution in [0.15, 0.2) is 78.1 Å². The molecule has 9 heteroatoms. The van der Waals surface area contributed by atoms with Crippen molar-refractivity contribution in [1.82, 2.24) is 15.0 Å². The van der Waals surface area contributed by atoms with Crippen LogP contribution in [0.4, 0.5) is 28.8 Å². The molecule has 4 aromatic rings. The summed E-state index contributed by atoms with van der Waals surface area (Å²) in [6, 6.07) is 18.0. The Morgan fingerprint density at radius 3 is 1.97 bits per heavy atom. The lowest BCUT2D eigenvalue weighted by molar-refractivity contribution is 0.600. The first-order valence-electron chi connectivity index (χ1n) is 10.3. The molecule has 8 nitrogen and oxygen atoms in total. The van der Waals surface area contributed by atoms with Crippen molar-refractivity contribution < 1.29 is 8.42 Å². The summed E-state index contributed by atoms with van der Waals surface area (Å²) in [5, 5.41) is 6.30. The Hall–Kier alpha value is -3.98. The van der Waals surface area contributed by atoms with E-state index in [1.807, 2.05) is 37.3 Å². The van der Waals surface area contributed by atoms with Gasteiger partial charge < -0.3 is 10.6 Å². The van der Waals surface area contributed by atoms with E-state index < -0.39 is 10.0 Å². The number of pyridine rings is 1. The van der Waals surface area contributed by atoms with Crippen molar-refractivity contribution in [3.8, 4) is 0 Å². The highest BCUT2D eigenvalue weighted by Crippen LogP contribution is 2.26. The summed E-state index contributed by atoms with van der Waals surface area (Å²) < 4.78 is 28.6. The number of sulfonamides is 1. The molecular formula is C24H24N6O2S. The molecule has 0 fully saturated rings. The molecule has 0 atom stereocenters. The summed E-state index contributed by atoms with van der Waals surface area (Å²) in [7, 11) is -3.70. The first-order valence-corrected chi connectivity index (χ1v) is 11.8. The van der Waals surface area contributed by atoms with E-state index in [4.69, 9.17) is 0 Å². The van der Waals surface area contributed by atoms with E-state index >= 15 is 0 Å². The number of hydrogen-bond acceptors (Lipinski definition) is 7. The van der Waals surface area contributed by atoms with Crippen LogP contribution in [0.3, 0.4) is 0 Å². The minimum atomic E-state index is -3.70. The molecule has 0 aliphatic carbocycles.